The molecule has 0 amide bonds. The SMILES string of the molecule is Br.CCCCCCCCN1CC(C)=Cc2ccccc21.Clc1nc[nH]c1Cl. The van der Waals surface area contributed by atoms with Crippen LogP contribution in [0.2, 0.25) is 10.3 Å². The summed E-state index contributed by atoms with van der Waals surface area (Å²) in [4.78, 5) is 8.73. The van der Waals surface area contributed by atoms with Crippen molar-refractivity contribution in [2.24, 2.45) is 0 Å². The average molecular weight is 475 g/mol. The number of nitrogens with one attached hydrogen (secondary N) is 1. The summed E-state index contributed by atoms with van der Waals surface area (Å²) in [6.45, 7) is 6.82. The van der Waals surface area contributed by atoms with Crippen molar-refractivity contribution in [3.8, 4) is 0 Å². The molecule has 0 radical (unpaired) electrons. The Morgan fingerprint density at radius 3 is 2.41 bits per heavy atom. The highest BCUT2D eigenvalue weighted by Gasteiger charge is 2.14. The van der Waals surface area contributed by atoms with Crippen LogP contribution in [0.4, 0.5) is 5.69 Å². The maximum absolute atomic E-state index is 5.37. The van der Waals surface area contributed by atoms with Gasteiger partial charge >= 0.3 is 0 Å². The molecule has 0 atom stereocenters. The van der Waals surface area contributed by atoms with Crippen molar-refractivity contribution >= 4 is 51.9 Å². The quantitative estimate of drug-likeness (QED) is 0.419. The van der Waals surface area contributed by atoms with Crippen LogP contribution in [0.15, 0.2) is 36.2 Å². The second kappa shape index (κ2) is 13.2. The number of fused-ring (bicyclic) bond motifs is 1. The third kappa shape index (κ3) is 8.28. The number of imidazole rings is 1. The maximum Gasteiger partial charge on any atom is 0.165 e. The molecule has 0 unspecified atom stereocenters. The van der Waals surface area contributed by atoms with Gasteiger partial charge in [-0.3, -0.25) is 0 Å². The van der Waals surface area contributed by atoms with Crippen LogP contribution in [0.5, 0.6) is 0 Å². The Morgan fingerprint density at radius 1 is 1.07 bits per heavy atom. The summed E-state index contributed by atoms with van der Waals surface area (Å²) >= 11 is 10.7. The molecule has 0 fully saturated rings. The third-order valence-electron chi connectivity index (χ3n) is 4.45. The van der Waals surface area contributed by atoms with E-state index >= 15 is 0 Å². The molecule has 0 aliphatic carbocycles. The Bertz CT molecular complexity index is 684. The van der Waals surface area contributed by atoms with Gasteiger partial charge in [-0.2, -0.15) is 0 Å². The predicted molar refractivity (Wildman–Crippen MR) is 125 cm³/mol. The first-order chi connectivity index (χ1) is 12.6. The number of halogens is 3. The van der Waals surface area contributed by atoms with Crippen molar-refractivity contribution in [3.63, 3.8) is 0 Å². The van der Waals surface area contributed by atoms with Gasteiger partial charge in [0.25, 0.3) is 0 Å². The van der Waals surface area contributed by atoms with E-state index in [1.807, 2.05) is 0 Å². The molecular formula is C21H30BrCl2N3. The van der Waals surface area contributed by atoms with Crippen LogP contribution in [-0.2, 0) is 0 Å². The van der Waals surface area contributed by atoms with Gasteiger partial charge in [0.2, 0.25) is 0 Å². The number of benzene rings is 1. The van der Waals surface area contributed by atoms with Crippen molar-refractivity contribution in [3.05, 3.63) is 52.0 Å². The number of anilines is 1. The second-order valence-electron chi connectivity index (χ2n) is 6.75. The van der Waals surface area contributed by atoms with Crippen molar-refractivity contribution < 1.29 is 0 Å². The smallest absolute Gasteiger partial charge is 0.165 e. The minimum absolute atomic E-state index is 0. The standard InChI is InChI=1S/C18H27N.C3H2Cl2N2.BrH/c1-3-4-5-6-7-10-13-19-15-16(2)14-17-11-8-9-12-18(17)19;4-2-3(5)7-1-6-2;/h8-9,11-12,14H,3-7,10,13,15H2,1-2H3;1H,(H,6,7);1H. The highest BCUT2D eigenvalue weighted by Crippen LogP contribution is 2.28. The Hall–Kier alpha value is -0.970. The van der Waals surface area contributed by atoms with Gasteiger partial charge in [-0.05, 0) is 25.0 Å². The summed E-state index contributed by atoms with van der Waals surface area (Å²) < 4.78 is 0. The number of H-pyrrole nitrogens is 1. The van der Waals surface area contributed by atoms with E-state index in [0.29, 0.717) is 10.3 Å². The van der Waals surface area contributed by atoms with Crippen LogP contribution in [0, 0.1) is 0 Å². The number of rotatable bonds is 7. The van der Waals surface area contributed by atoms with Gasteiger partial charge in [-0.25, -0.2) is 4.98 Å². The number of aromatic amines is 1. The van der Waals surface area contributed by atoms with Gasteiger partial charge in [-0.1, -0.05) is 92.1 Å². The monoisotopic (exact) mass is 473 g/mol. The van der Waals surface area contributed by atoms with Crippen LogP contribution in [-0.4, -0.2) is 23.1 Å². The molecule has 2 heterocycles. The number of hydrogen-bond acceptors (Lipinski definition) is 2. The van der Waals surface area contributed by atoms with Gasteiger partial charge in [0.05, 0.1) is 6.33 Å². The van der Waals surface area contributed by atoms with E-state index in [4.69, 9.17) is 23.2 Å². The van der Waals surface area contributed by atoms with Crippen molar-refractivity contribution in [2.45, 2.75) is 52.4 Å². The predicted octanol–water partition coefficient (Wildman–Crippen LogP) is 7.56. The molecular weight excluding hydrogens is 445 g/mol. The van der Waals surface area contributed by atoms with Gasteiger partial charge in [0.1, 0.15) is 5.15 Å². The fraction of sp³-hybridized carbons (Fsp3) is 0.476. The first kappa shape index (κ1) is 24.1. The minimum Gasteiger partial charge on any atom is -0.367 e. The first-order valence-corrected chi connectivity index (χ1v) is 10.2. The van der Waals surface area contributed by atoms with Gasteiger partial charge in [-0.15, -0.1) is 17.0 Å². The fourth-order valence-electron chi connectivity index (χ4n) is 3.14. The molecule has 1 aromatic heterocycles. The van der Waals surface area contributed by atoms with Crippen LogP contribution in [0.3, 0.4) is 0 Å². The van der Waals surface area contributed by atoms with Crippen LogP contribution < -0.4 is 4.90 Å². The molecule has 3 rings (SSSR count). The first-order valence-electron chi connectivity index (χ1n) is 9.47. The van der Waals surface area contributed by atoms with Crippen LogP contribution in [0.1, 0.15) is 57.9 Å². The average Bonchev–Trinajstić information content (AvgIpc) is 3.01. The van der Waals surface area contributed by atoms with Crippen LogP contribution >= 0.6 is 40.2 Å². The minimum atomic E-state index is 0. The molecule has 1 aromatic carbocycles. The second-order valence-corrected chi connectivity index (χ2v) is 7.48. The van der Waals surface area contributed by atoms with E-state index in [9.17, 15) is 0 Å². The molecule has 27 heavy (non-hydrogen) atoms. The zero-order valence-corrected chi connectivity index (χ0v) is 19.4. The van der Waals surface area contributed by atoms with E-state index in [1.54, 1.807) is 0 Å². The van der Waals surface area contributed by atoms with E-state index in [-0.39, 0.29) is 17.0 Å². The Morgan fingerprint density at radius 2 is 1.78 bits per heavy atom. The highest BCUT2D eigenvalue weighted by atomic mass is 79.9. The summed E-state index contributed by atoms with van der Waals surface area (Å²) in [6, 6.07) is 8.78. The number of para-hydroxylation sites is 1. The summed E-state index contributed by atoms with van der Waals surface area (Å²) in [5.41, 5.74) is 4.28. The lowest BCUT2D eigenvalue weighted by atomic mass is 10.0. The lowest BCUT2D eigenvalue weighted by Gasteiger charge is -2.30. The lowest BCUT2D eigenvalue weighted by Crippen LogP contribution is -2.29. The molecule has 6 heteroatoms. The van der Waals surface area contributed by atoms with E-state index < -0.39 is 0 Å². The molecule has 0 saturated carbocycles. The zero-order chi connectivity index (χ0) is 18.8. The molecule has 1 N–H and O–H groups in total. The molecule has 150 valence electrons. The largest absolute Gasteiger partial charge is 0.367 e. The van der Waals surface area contributed by atoms with Gasteiger partial charge in [0, 0.05) is 18.8 Å². The third-order valence-corrected chi connectivity index (χ3v) is 5.12. The van der Waals surface area contributed by atoms with Crippen molar-refractivity contribution in [2.75, 3.05) is 18.0 Å². The molecule has 3 nitrogen and oxygen atoms in total. The van der Waals surface area contributed by atoms with Crippen molar-refractivity contribution in [1.29, 1.82) is 0 Å². The molecule has 1 aliphatic heterocycles. The number of nitrogens with zero attached hydrogens (tertiary/aromatic N) is 2. The zero-order valence-electron chi connectivity index (χ0n) is 16.2. The Kier molecular flexibility index (Phi) is 11.8. The van der Waals surface area contributed by atoms with E-state index in [0.717, 1.165) is 6.54 Å². The summed E-state index contributed by atoms with van der Waals surface area (Å²) in [7, 11) is 0. The summed E-state index contributed by atoms with van der Waals surface area (Å²) in [5, 5.41) is 0.711. The lowest BCUT2D eigenvalue weighted by molar-refractivity contribution is 0.601. The highest BCUT2D eigenvalue weighted by molar-refractivity contribution is 8.93. The Labute approximate surface area is 183 Å². The van der Waals surface area contributed by atoms with Crippen molar-refractivity contribution in [1.82, 2.24) is 9.97 Å². The normalized spacial score (nSPS) is 12.4. The van der Waals surface area contributed by atoms with Crippen LogP contribution in [0.25, 0.3) is 6.08 Å². The topological polar surface area (TPSA) is 31.9 Å². The van der Waals surface area contributed by atoms with Gasteiger partial charge in [0.15, 0.2) is 5.15 Å². The molecule has 0 saturated heterocycles. The van der Waals surface area contributed by atoms with E-state index in [2.05, 4.69) is 59.1 Å². The molecule has 0 spiro atoms. The maximum atomic E-state index is 5.37. The number of aromatic nitrogens is 2. The summed E-state index contributed by atoms with van der Waals surface area (Å²) in [6.07, 6.45) is 12.0. The number of hydrogen-bond donors (Lipinski definition) is 1. The summed E-state index contributed by atoms with van der Waals surface area (Å²) in [5.74, 6) is 0. The molecule has 0 bridgehead atoms. The molecule has 2 aromatic rings. The van der Waals surface area contributed by atoms with Gasteiger partial charge < -0.3 is 9.88 Å². The molecule has 1 aliphatic rings. The fourth-order valence-corrected chi connectivity index (χ4v) is 3.34. The number of unbranched alkanes of at least 4 members (excludes halogenated alkanes) is 5. The van der Waals surface area contributed by atoms with E-state index in [1.165, 1.54) is 68.2 Å². The Balaban J connectivity index is 0.000000385.